The summed E-state index contributed by atoms with van der Waals surface area (Å²) >= 11 is 0. The number of nitrogens with zero attached hydrogens (tertiary/aromatic N) is 8. The van der Waals surface area contributed by atoms with Gasteiger partial charge in [-0.25, -0.2) is 28.7 Å². The van der Waals surface area contributed by atoms with Crippen molar-refractivity contribution < 1.29 is 27.7 Å². The second-order valence-electron chi connectivity index (χ2n) is 24.0. The van der Waals surface area contributed by atoms with E-state index in [0.717, 1.165) is 164 Å². The number of hydrogen-bond acceptors (Lipinski definition) is 12. The maximum Gasteiger partial charge on any atom is 0.123 e. The highest BCUT2D eigenvalue weighted by molar-refractivity contribution is 5.47. The summed E-state index contributed by atoms with van der Waals surface area (Å²) in [5.41, 5.74) is 6.14. The summed E-state index contributed by atoms with van der Waals surface area (Å²) in [5, 5.41) is 0. The van der Waals surface area contributed by atoms with Crippen LogP contribution in [0.5, 0.6) is 11.5 Å². The number of hydrogen-bond donors (Lipinski definition) is 0. The Kier molecular flexibility index (Phi) is 11.8. The zero-order chi connectivity index (χ0) is 46.9. The van der Waals surface area contributed by atoms with Crippen LogP contribution in [0.1, 0.15) is 113 Å². The number of rotatable bonds is 10. The molecule has 2 aromatic heterocycles. The fourth-order valence-corrected chi connectivity index (χ4v) is 15.0. The van der Waals surface area contributed by atoms with Crippen LogP contribution in [0, 0.1) is 33.3 Å². The SMILES string of the molecule is Fc1ccc(OC2CC3(COC3)C2)c(C2CCN([C@@H]3CCC4(C3)CN(c3cncnc3)C4)CC2)c1.Fc1ccc(OC2CC3(COC3)C2)c(C2CCN([C@H]3CCC4(C3)CN(c3cncnc3)C4)CC2)c1. The molecule has 10 aliphatic rings. The van der Waals surface area contributed by atoms with E-state index in [9.17, 15) is 8.78 Å². The molecular formula is C56H70F2N8O4. The highest BCUT2D eigenvalue weighted by Gasteiger charge is 2.54. The lowest BCUT2D eigenvalue weighted by atomic mass is 9.65. The molecule has 6 aliphatic heterocycles. The third-order valence-electron chi connectivity index (χ3n) is 19.1. The molecule has 4 spiro atoms. The average molecular weight is 957 g/mol. The largest absolute Gasteiger partial charge is 0.490 e. The lowest BCUT2D eigenvalue weighted by Gasteiger charge is -2.52. The molecule has 2 atom stereocenters. The second kappa shape index (κ2) is 18.2. The van der Waals surface area contributed by atoms with Crippen molar-refractivity contribution in [3.05, 3.63) is 96.6 Å². The molecule has 0 amide bonds. The van der Waals surface area contributed by atoms with Crippen LogP contribution in [0.15, 0.2) is 73.8 Å². The summed E-state index contributed by atoms with van der Waals surface area (Å²) in [6, 6.07) is 11.7. The van der Waals surface area contributed by atoms with Gasteiger partial charge in [0.1, 0.15) is 48.0 Å². The summed E-state index contributed by atoms with van der Waals surface area (Å²) in [4.78, 5) is 27.0. The van der Waals surface area contributed by atoms with Gasteiger partial charge in [0.25, 0.3) is 0 Å². The van der Waals surface area contributed by atoms with Crippen LogP contribution in [0.2, 0.25) is 0 Å². The molecule has 14 rings (SSSR count). The minimum atomic E-state index is -0.150. The predicted molar refractivity (Wildman–Crippen MR) is 262 cm³/mol. The van der Waals surface area contributed by atoms with E-state index in [1.807, 2.05) is 36.9 Å². The molecule has 0 unspecified atom stereocenters. The van der Waals surface area contributed by atoms with Gasteiger partial charge in [-0.2, -0.15) is 0 Å². The maximum absolute atomic E-state index is 14.2. The molecule has 4 aromatic rings. The van der Waals surface area contributed by atoms with Gasteiger partial charge in [-0.15, -0.1) is 0 Å². The highest BCUT2D eigenvalue weighted by atomic mass is 19.1. The zero-order valence-corrected chi connectivity index (χ0v) is 40.7. The van der Waals surface area contributed by atoms with Gasteiger partial charge < -0.3 is 38.5 Å². The molecule has 70 heavy (non-hydrogen) atoms. The van der Waals surface area contributed by atoms with E-state index in [1.54, 1.807) is 36.9 Å². The Morgan fingerprint density at radius 3 is 1.23 bits per heavy atom. The van der Waals surface area contributed by atoms with E-state index < -0.39 is 0 Å². The number of ether oxygens (including phenoxy) is 4. The smallest absolute Gasteiger partial charge is 0.123 e. The first-order chi connectivity index (χ1) is 34.2. The first-order valence-electron chi connectivity index (χ1n) is 26.7. The number of likely N-dealkylation sites (tertiary alicyclic amines) is 2. The maximum atomic E-state index is 14.2. The summed E-state index contributed by atoms with van der Waals surface area (Å²) < 4.78 is 52.1. The Labute approximate surface area is 411 Å². The average Bonchev–Trinajstić information content (AvgIpc) is 3.98. The van der Waals surface area contributed by atoms with Crippen molar-refractivity contribution in [2.45, 2.75) is 126 Å². The molecular weight excluding hydrogens is 887 g/mol. The Bertz CT molecular complexity index is 2280. The van der Waals surface area contributed by atoms with Crippen molar-refractivity contribution >= 4 is 11.4 Å². The molecule has 4 saturated carbocycles. The molecule has 10 fully saturated rings. The monoisotopic (exact) mass is 957 g/mol. The van der Waals surface area contributed by atoms with Gasteiger partial charge in [-0.05, 0) is 164 Å². The van der Waals surface area contributed by atoms with Gasteiger partial charge in [0.2, 0.25) is 0 Å². The molecule has 14 heteroatoms. The molecule has 0 radical (unpaired) electrons. The number of aromatic nitrogens is 4. The summed E-state index contributed by atoms with van der Waals surface area (Å²) in [6.45, 7) is 12.4. The van der Waals surface area contributed by atoms with Crippen LogP contribution in [0.25, 0.3) is 0 Å². The van der Waals surface area contributed by atoms with Crippen LogP contribution in [-0.2, 0) is 9.47 Å². The summed E-state index contributed by atoms with van der Waals surface area (Å²) in [7, 11) is 0. The fourth-order valence-electron chi connectivity index (χ4n) is 15.0. The Morgan fingerprint density at radius 2 is 0.871 bits per heavy atom. The molecule has 6 saturated heterocycles. The van der Waals surface area contributed by atoms with Gasteiger partial charge in [-0.1, -0.05) is 0 Å². The van der Waals surface area contributed by atoms with Crippen LogP contribution in [-0.4, -0.2) is 133 Å². The van der Waals surface area contributed by atoms with E-state index in [0.29, 0.717) is 45.6 Å². The molecule has 372 valence electrons. The Hall–Kier alpha value is -4.50. The van der Waals surface area contributed by atoms with E-state index in [-0.39, 0.29) is 23.8 Å². The van der Waals surface area contributed by atoms with Crippen molar-refractivity contribution in [1.82, 2.24) is 29.7 Å². The van der Waals surface area contributed by atoms with Crippen molar-refractivity contribution in [2.75, 3.05) is 88.6 Å². The van der Waals surface area contributed by atoms with E-state index in [1.165, 1.54) is 38.5 Å². The van der Waals surface area contributed by atoms with E-state index in [4.69, 9.17) is 18.9 Å². The number of halogens is 2. The molecule has 8 heterocycles. The van der Waals surface area contributed by atoms with E-state index >= 15 is 0 Å². The summed E-state index contributed by atoms with van der Waals surface area (Å²) in [6.07, 6.45) is 27.8. The zero-order valence-electron chi connectivity index (χ0n) is 40.7. The number of anilines is 2. The van der Waals surface area contributed by atoms with Gasteiger partial charge in [-0.3, -0.25) is 0 Å². The molecule has 4 aliphatic carbocycles. The second-order valence-corrected chi connectivity index (χ2v) is 24.0. The van der Waals surface area contributed by atoms with Gasteiger partial charge >= 0.3 is 0 Å². The number of benzene rings is 2. The minimum absolute atomic E-state index is 0.150. The topological polar surface area (TPSA) is 101 Å². The first kappa shape index (κ1) is 45.4. The van der Waals surface area contributed by atoms with Crippen molar-refractivity contribution in [2.24, 2.45) is 21.7 Å². The molecule has 12 nitrogen and oxygen atoms in total. The normalized spacial score (nSPS) is 28.8. The lowest BCUT2D eigenvalue weighted by Crippen LogP contribution is -2.56. The molecule has 0 N–H and O–H groups in total. The van der Waals surface area contributed by atoms with Gasteiger partial charge in [0, 0.05) is 71.0 Å². The lowest BCUT2D eigenvalue weighted by molar-refractivity contribution is -0.191. The quantitative estimate of drug-likeness (QED) is 0.152. The van der Waals surface area contributed by atoms with E-state index in [2.05, 4.69) is 39.5 Å². The van der Waals surface area contributed by atoms with Crippen LogP contribution >= 0.6 is 0 Å². The fraction of sp³-hybridized carbons (Fsp3) is 0.643. The highest BCUT2D eigenvalue weighted by Crippen LogP contribution is 2.53. The summed E-state index contributed by atoms with van der Waals surface area (Å²) in [5.74, 6) is 2.27. The Balaban J connectivity index is 0.000000137. The first-order valence-corrected chi connectivity index (χ1v) is 26.7. The third kappa shape index (κ3) is 8.84. The van der Waals surface area contributed by atoms with Crippen LogP contribution in [0.3, 0.4) is 0 Å². The van der Waals surface area contributed by atoms with Crippen LogP contribution < -0.4 is 19.3 Å². The predicted octanol–water partition coefficient (Wildman–Crippen LogP) is 8.82. The number of piperidine rings is 2. The minimum Gasteiger partial charge on any atom is -0.490 e. The van der Waals surface area contributed by atoms with Crippen molar-refractivity contribution in [1.29, 1.82) is 0 Å². The van der Waals surface area contributed by atoms with Crippen molar-refractivity contribution in [3.8, 4) is 11.5 Å². The Morgan fingerprint density at radius 1 is 0.486 bits per heavy atom. The van der Waals surface area contributed by atoms with Gasteiger partial charge in [0.05, 0.1) is 62.6 Å². The molecule has 2 aromatic carbocycles. The molecule has 0 bridgehead atoms. The standard InChI is InChI=1S/2C28H35FN4O2/c2*29-21-1-2-26(35-24-11-28(12-24)17-34-18-28)25(9-21)20-4-7-32(8-5-20)22-3-6-27(10-22)15-33(16-27)23-13-30-19-31-14-23/h2*1-2,9,13-14,19-20,22,24H,3-8,10-12,15-18H2/t2*22-/m10/s1. The van der Waals surface area contributed by atoms with Gasteiger partial charge in [0.15, 0.2) is 0 Å². The van der Waals surface area contributed by atoms with Crippen LogP contribution in [0.4, 0.5) is 20.2 Å². The third-order valence-corrected chi connectivity index (χ3v) is 19.1. The van der Waals surface area contributed by atoms with Crippen molar-refractivity contribution in [3.63, 3.8) is 0 Å².